The highest BCUT2D eigenvalue weighted by Gasteiger charge is 2.12. The maximum Gasteiger partial charge on any atom is 0.223 e. The second-order valence-electron chi connectivity index (χ2n) is 4.27. The molecule has 1 aliphatic carbocycles. The first-order valence-electron chi connectivity index (χ1n) is 5.87. The number of aryl methyl sites for hydroxylation is 1. The minimum Gasteiger partial charge on any atom is -0.340 e. The Morgan fingerprint density at radius 3 is 2.80 bits per heavy atom. The van der Waals surface area contributed by atoms with Crippen LogP contribution in [0.2, 0.25) is 0 Å². The average Bonchev–Trinajstić information content (AvgIpc) is 2.66. The van der Waals surface area contributed by atoms with Crippen molar-refractivity contribution < 1.29 is 4.52 Å². The molecule has 0 amide bonds. The summed E-state index contributed by atoms with van der Waals surface area (Å²) in [6, 6.07) is 0.715. The Bertz CT molecular complexity index is 292. The van der Waals surface area contributed by atoms with E-state index in [1.165, 1.54) is 32.1 Å². The molecule has 4 nitrogen and oxygen atoms in total. The van der Waals surface area contributed by atoms with Gasteiger partial charge in [-0.25, -0.2) is 0 Å². The van der Waals surface area contributed by atoms with Crippen LogP contribution >= 0.6 is 0 Å². The van der Waals surface area contributed by atoms with Gasteiger partial charge in [-0.1, -0.05) is 24.4 Å². The Balaban J connectivity index is 1.65. The predicted molar refractivity (Wildman–Crippen MR) is 57.6 cm³/mol. The third kappa shape index (κ3) is 3.30. The highest BCUT2D eigenvalue weighted by atomic mass is 16.5. The lowest BCUT2D eigenvalue weighted by atomic mass is 9.95. The molecule has 4 heteroatoms. The first-order chi connectivity index (χ1) is 7.34. The molecule has 0 spiro atoms. The second-order valence-corrected chi connectivity index (χ2v) is 4.27. The van der Waals surface area contributed by atoms with Gasteiger partial charge in [0.2, 0.25) is 5.89 Å². The zero-order valence-corrected chi connectivity index (χ0v) is 9.33. The van der Waals surface area contributed by atoms with Gasteiger partial charge in [0.25, 0.3) is 0 Å². The monoisotopic (exact) mass is 209 g/mol. The van der Waals surface area contributed by atoms with Gasteiger partial charge in [0, 0.05) is 25.9 Å². The summed E-state index contributed by atoms with van der Waals surface area (Å²) in [5.41, 5.74) is 0. The standard InChI is InChI=1S/C11H19N3O/c1-9-13-11(14-15-9)7-8-12-10-5-3-2-4-6-10/h10,12H,2-8H2,1H3. The molecule has 1 aliphatic rings. The molecule has 1 aromatic heterocycles. The summed E-state index contributed by atoms with van der Waals surface area (Å²) in [4.78, 5) is 4.18. The van der Waals surface area contributed by atoms with E-state index in [0.29, 0.717) is 11.9 Å². The van der Waals surface area contributed by atoms with E-state index in [-0.39, 0.29) is 0 Å². The van der Waals surface area contributed by atoms with Crippen molar-refractivity contribution in [2.24, 2.45) is 0 Å². The summed E-state index contributed by atoms with van der Waals surface area (Å²) in [7, 11) is 0. The molecule has 1 saturated carbocycles. The summed E-state index contributed by atoms with van der Waals surface area (Å²) in [6.07, 6.45) is 7.67. The molecule has 0 atom stereocenters. The van der Waals surface area contributed by atoms with Crippen molar-refractivity contribution in [3.63, 3.8) is 0 Å². The van der Waals surface area contributed by atoms with Crippen molar-refractivity contribution in [1.29, 1.82) is 0 Å². The van der Waals surface area contributed by atoms with Crippen molar-refractivity contribution in [3.8, 4) is 0 Å². The molecule has 0 unspecified atom stereocenters. The Morgan fingerprint density at radius 2 is 2.13 bits per heavy atom. The number of hydrogen-bond acceptors (Lipinski definition) is 4. The fourth-order valence-corrected chi connectivity index (χ4v) is 2.14. The minimum absolute atomic E-state index is 0.655. The predicted octanol–water partition coefficient (Wildman–Crippen LogP) is 1.84. The van der Waals surface area contributed by atoms with Crippen LogP contribution in [0.25, 0.3) is 0 Å². The molecule has 1 N–H and O–H groups in total. The quantitative estimate of drug-likeness (QED) is 0.822. The molecule has 0 radical (unpaired) electrons. The van der Waals surface area contributed by atoms with Crippen molar-refractivity contribution in [2.75, 3.05) is 6.54 Å². The summed E-state index contributed by atoms with van der Waals surface area (Å²) >= 11 is 0. The molecule has 2 rings (SSSR count). The summed E-state index contributed by atoms with van der Waals surface area (Å²) in [5, 5.41) is 7.43. The number of rotatable bonds is 4. The van der Waals surface area contributed by atoms with Gasteiger partial charge in [0.1, 0.15) is 0 Å². The third-order valence-corrected chi connectivity index (χ3v) is 2.96. The number of nitrogens with one attached hydrogen (secondary N) is 1. The summed E-state index contributed by atoms with van der Waals surface area (Å²) in [6.45, 7) is 2.79. The molecule has 0 aliphatic heterocycles. The van der Waals surface area contributed by atoms with Crippen molar-refractivity contribution >= 4 is 0 Å². The van der Waals surface area contributed by atoms with E-state index in [1.807, 2.05) is 6.92 Å². The van der Waals surface area contributed by atoms with Crippen LogP contribution in [0.1, 0.15) is 43.8 Å². The van der Waals surface area contributed by atoms with E-state index in [1.54, 1.807) is 0 Å². The summed E-state index contributed by atoms with van der Waals surface area (Å²) in [5.74, 6) is 1.47. The maximum atomic E-state index is 4.92. The van der Waals surface area contributed by atoms with Crippen LogP contribution in [0, 0.1) is 6.92 Å². The lowest BCUT2D eigenvalue weighted by Gasteiger charge is -2.22. The van der Waals surface area contributed by atoms with Crippen LogP contribution in [-0.2, 0) is 6.42 Å². The first kappa shape index (κ1) is 10.6. The lowest BCUT2D eigenvalue weighted by molar-refractivity contribution is 0.369. The molecule has 0 bridgehead atoms. The van der Waals surface area contributed by atoms with Gasteiger partial charge >= 0.3 is 0 Å². The first-order valence-corrected chi connectivity index (χ1v) is 5.87. The molecular weight excluding hydrogens is 190 g/mol. The van der Waals surface area contributed by atoms with E-state index >= 15 is 0 Å². The van der Waals surface area contributed by atoms with Gasteiger partial charge in [-0.05, 0) is 12.8 Å². The molecule has 1 fully saturated rings. The lowest BCUT2D eigenvalue weighted by Crippen LogP contribution is -2.32. The SMILES string of the molecule is Cc1nc(CCNC2CCCCC2)no1. The molecular formula is C11H19N3O. The Morgan fingerprint density at radius 1 is 1.33 bits per heavy atom. The molecule has 1 heterocycles. The average molecular weight is 209 g/mol. The number of aromatic nitrogens is 2. The zero-order valence-electron chi connectivity index (χ0n) is 9.33. The fraction of sp³-hybridized carbons (Fsp3) is 0.818. The normalized spacial score (nSPS) is 18.2. The topological polar surface area (TPSA) is 51.0 Å². The van der Waals surface area contributed by atoms with E-state index in [2.05, 4.69) is 15.5 Å². The zero-order chi connectivity index (χ0) is 10.5. The van der Waals surface area contributed by atoms with Gasteiger partial charge in [-0.2, -0.15) is 4.98 Å². The highest BCUT2D eigenvalue weighted by Crippen LogP contribution is 2.17. The maximum absolute atomic E-state index is 4.92. The molecule has 0 saturated heterocycles. The minimum atomic E-state index is 0.655. The fourth-order valence-electron chi connectivity index (χ4n) is 2.14. The van der Waals surface area contributed by atoms with Gasteiger partial charge in [-0.15, -0.1) is 0 Å². The number of hydrogen-bond donors (Lipinski definition) is 1. The molecule has 1 aromatic rings. The van der Waals surface area contributed by atoms with Gasteiger partial charge in [0.05, 0.1) is 0 Å². The van der Waals surface area contributed by atoms with Crippen LogP contribution in [0.5, 0.6) is 0 Å². The van der Waals surface area contributed by atoms with E-state index in [9.17, 15) is 0 Å². The van der Waals surface area contributed by atoms with E-state index in [4.69, 9.17) is 4.52 Å². The van der Waals surface area contributed by atoms with Gasteiger partial charge < -0.3 is 9.84 Å². The van der Waals surface area contributed by atoms with Crippen LogP contribution in [0.15, 0.2) is 4.52 Å². The highest BCUT2D eigenvalue weighted by molar-refractivity contribution is 4.85. The Hall–Kier alpha value is -0.900. The molecule has 84 valence electrons. The smallest absolute Gasteiger partial charge is 0.223 e. The largest absolute Gasteiger partial charge is 0.340 e. The molecule has 15 heavy (non-hydrogen) atoms. The van der Waals surface area contributed by atoms with Crippen molar-refractivity contribution in [1.82, 2.24) is 15.5 Å². The van der Waals surface area contributed by atoms with Crippen LogP contribution in [0.3, 0.4) is 0 Å². The van der Waals surface area contributed by atoms with E-state index < -0.39 is 0 Å². The Kier molecular flexibility index (Phi) is 3.72. The van der Waals surface area contributed by atoms with Crippen molar-refractivity contribution in [2.45, 2.75) is 51.5 Å². The van der Waals surface area contributed by atoms with Crippen LogP contribution in [-0.4, -0.2) is 22.7 Å². The Labute approximate surface area is 90.4 Å². The summed E-state index contributed by atoms with van der Waals surface area (Å²) < 4.78 is 4.92. The number of nitrogens with zero attached hydrogens (tertiary/aromatic N) is 2. The molecule has 0 aromatic carbocycles. The van der Waals surface area contributed by atoms with Gasteiger partial charge in [0.15, 0.2) is 5.82 Å². The van der Waals surface area contributed by atoms with Crippen LogP contribution < -0.4 is 5.32 Å². The van der Waals surface area contributed by atoms with Gasteiger partial charge in [-0.3, -0.25) is 0 Å². The van der Waals surface area contributed by atoms with E-state index in [0.717, 1.165) is 18.8 Å². The van der Waals surface area contributed by atoms with Crippen LogP contribution in [0.4, 0.5) is 0 Å². The third-order valence-electron chi connectivity index (χ3n) is 2.96. The second kappa shape index (κ2) is 5.26. The van der Waals surface area contributed by atoms with Crippen molar-refractivity contribution in [3.05, 3.63) is 11.7 Å².